The number of sulfonamides is 1. The molecule has 6 nitrogen and oxygen atoms in total. The molecule has 0 aromatic carbocycles. The van der Waals surface area contributed by atoms with E-state index in [2.05, 4.69) is 10.3 Å². The fourth-order valence-electron chi connectivity index (χ4n) is 3.10. The van der Waals surface area contributed by atoms with Crippen molar-refractivity contribution < 1.29 is 8.42 Å². The Bertz CT molecular complexity index is 729. The van der Waals surface area contributed by atoms with Crippen LogP contribution < -0.4 is 5.32 Å². The van der Waals surface area contributed by atoms with Crippen LogP contribution in [-0.2, 0) is 10.0 Å². The summed E-state index contributed by atoms with van der Waals surface area (Å²) in [5.74, 6) is 0.429. The highest BCUT2D eigenvalue weighted by Crippen LogP contribution is 2.32. The first-order chi connectivity index (χ1) is 10.1. The Kier molecular flexibility index (Phi) is 3.94. The van der Waals surface area contributed by atoms with E-state index in [1.807, 2.05) is 12.3 Å². The van der Waals surface area contributed by atoms with E-state index in [1.54, 1.807) is 22.0 Å². The molecule has 0 aliphatic heterocycles. The van der Waals surface area contributed by atoms with Gasteiger partial charge in [0.15, 0.2) is 15.8 Å². The van der Waals surface area contributed by atoms with Crippen LogP contribution >= 0.6 is 11.3 Å². The van der Waals surface area contributed by atoms with Crippen LogP contribution in [0, 0.1) is 0 Å². The van der Waals surface area contributed by atoms with Crippen LogP contribution in [0.5, 0.6) is 0 Å². The van der Waals surface area contributed by atoms with Crippen LogP contribution in [0.15, 0.2) is 16.6 Å². The third kappa shape index (κ3) is 2.35. The van der Waals surface area contributed by atoms with Gasteiger partial charge in [-0.2, -0.15) is 4.31 Å². The molecule has 2 aromatic rings. The number of hydrogen-bond acceptors (Lipinski definition) is 5. The number of nitrogens with one attached hydrogen (secondary N) is 1. The molecular formula is C13H20N4O2S2. The quantitative estimate of drug-likeness (QED) is 0.915. The van der Waals surface area contributed by atoms with Gasteiger partial charge in [0, 0.05) is 31.2 Å². The van der Waals surface area contributed by atoms with Gasteiger partial charge in [-0.1, -0.05) is 19.8 Å². The maximum Gasteiger partial charge on any atom is 0.263 e. The normalized spacial score (nSPS) is 17.1. The van der Waals surface area contributed by atoms with E-state index in [9.17, 15) is 8.42 Å². The second-order valence-corrected chi connectivity index (χ2v) is 7.90. The van der Waals surface area contributed by atoms with E-state index in [0.717, 1.165) is 25.7 Å². The second kappa shape index (κ2) is 5.58. The van der Waals surface area contributed by atoms with E-state index in [4.69, 9.17) is 0 Å². The third-order valence-electron chi connectivity index (χ3n) is 4.05. The van der Waals surface area contributed by atoms with Crippen LogP contribution in [0.25, 0.3) is 4.96 Å². The summed E-state index contributed by atoms with van der Waals surface area (Å²) in [5, 5.41) is 5.03. The Balaban J connectivity index is 2.11. The summed E-state index contributed by atoms with van der Waals surface area (Å²) >= 11 is 1.43. The van der Waals surface area contributed by atoms with Gasteiger partial charge in [0.2, 0.25) is 0 Å². The molecule has 0 spiro atoms. The second-order valence-electron chi connectivity index (χ2n) is 5.22. The van der Waals surface area contributed by atoms with Gasteiger partial charge in [0.25, 0.3) is 10.0 Å². The summed E-state index contributed by atoms with van der Waals surface area (Å²) in [4.78, 5) is 5.06. The number of aromatic nitrogens is 2. The largest absolute Gasteiger partial charge is 0.371 e. The van der Waals surface area contributed by atoms with Crippen molar-refractivity contribution in [3.8, 4) is 0 Å². The average Bonchev–Trinajstić information content (AvgIpc) is 3.14. The minimum Gasteiger partial charge on any atom is -0.371 e. The molecule has 0 atom stereocenters. The van der Waals surface area contributed by atoms with Crippen molar-refractivity contribution in [2.24, 2.45) is 0 Å². The van der Waals surface area contributed by atoms with Crippen LogP contribution in [0.1, 0.15) is 32.6 Å². The fourth-order valence-corrected chi connectivity index (χ4v) is 5.83. The minimum absolute atomic E-state index is 0.119. The zero-order valence-corrected chi connectivity index (χ0v) is 13.9. The van der Waals surface area contributed by atoms with Crippen LogP contribution in [-0.4, -0.2) is 41.7 Å². The SMILES string of the molecule is CCN(C1CCCC1)S(=O)(=O)c1c(NC)nc2sccn12. The Labute approximate surface area is 128 Å². The number of nitrogens with zero attached hydrogens (tertiary/aromatic N) is 3. The minimum atomic E-state index is -3.55. The van der Waals surface area contributed by atoms with Crippen molar-refractivity contribution in [3.05, 3.63) is 11.6 Å². The summed E-state index contributed by atoms with van der Waals surface area (Å²) < 4.78 is 29.6. The number of hydrogen-bond donors (Lipinski definition) is 1. The van der Waals surface area contributed by atoms with Crippen molar-refractivity contribution in [2.45, 2.75) is 43.7 Å². The van der Waals surface area contributed by atoms with E-state index in [-0.39, 0.29) is 11.1 Å². The lowest BCUT2D eigenvalue weighted by atomic mass is 10.2. The molecule has 1 aliphatic carbocycles. The summed E-state index contributed by atoms with van der Waals surface area (Å²) in [6, 6.07) is 0.119. The van der Waals surface area contributed by atoms with Gasteiger partial charge < -0.3 is 5.32 Å². The molecule has 0 saturated heterocycles. The fraction of sp³-hybridized carbons (Fsp3) is 0.615. The van der Waals surface area contributed by atoms with Crippen molar-refractivity contribution in [1.29, 1.82) is 0 Å². The molecule has 2 heterocycles. The Morgan fingerprint density at radius 2 is 2.19 bits per heavy atom. The van der Waals surface area contributed by atoms with Crippen LogP contribution in [0.2, 0.25) is 0 Å². The monoisotopic (exact) mass is 328 g/mol. The number of fused-ring (bicyclic) bond motifs is 1. The van der Waals surface area contributed by atoms with Crippen LogP contribution in [0.4, 0.5) is 5.82 Å². The highest BCUT2D eigenvalue weighted by atomic mass is 32.2. The first-order valence-corrected chi connectivity index (χ1v) is 9.56. The lowest BCUT2D eigenvalue weighted by Crippen LogP contribution is -2.39. The van der Waals surface area contributed by atoms with E-state index in [0.29, 0.717) is 17.3 Å². The topological polar surface area (TPSA) is 66.7 Å². The first-order valence-electron chi connectivity index (χ1n) is 7.24. The van der Waals surface area contributed by atoms with E-state index in [1.165, 1.54) is 11.3 Å². The van der Waals surface area contributed by atoms with Crippen molar-refractivity contribution >= 4 is 32.1 Å². The van der Waals surface area contributed by atoms with Gasteiger partial charge in [-0.15, -0.1) is 11.3 Å². The van der Waals surface area contributed by atoms with Gasteiger partial charge in [-0.25, -0.2) is 13.4 Å². The maximum atomic E-state index is 13.1. The Hall–Kier alpha value is -1.12. The van der Waals surface area contributed by atoms with E-state index >= 15 is 0 Å². The lowest BCUT2D eigenvalue weighted by Gasteiger charge is -2.26. The molecule has 1 saturated carbocycles. The first kappa shape index (κ1) is 14.8. The van der Waals surface area contributed by atoms with Gasteiger partial charge in [0.1, 0.15) is 0 Å². The molecule has 0 bridgehead atoms. The zero-order chi connectivity index (χ0) is 15.0. The van der Waals surface area contributed by atoms with Crippen molar-refractivity contribution in [2.75, 3.05) is 18.9 Å². The Morgan fingerprint density at radius 3 is 2.81 bits per heavy atom. The maximum absolute atomic E-state index is 13.1. The molecule has 1 fully saturated rings. The molecule has 21 heavy (non-hydrogen) atoms. The van der Waals surface area contributed by atoms with Gasteiger partial charge in [0.05, 0.1) is 0 Å². The highest BCUT2D eigenvalue weighted by molar-refractivity contribution is 7.89. The number of thiazole rings is 1. The van der Waals surface area contributed by atoms with Gasteiger partial charge in [-0.05, 0) is 12.8 Å². The summed E-state index contributed by atoms with van der Waals surface area (Å²) in [7, 11) is -1.85. The molecule has 116 valence electrons. The molecule has 1 aliphatic rings. The molecule has 0 radical (unpaired) electrons. The predicted octanol–water partition coefficient (Wildman–Crippen LogP) is 2.39. The molecule has 0 amide bonds. The number of imidazole rings is 1. The molecule has 0 unspecified atom stereocenters. The van der Waals surface area contributed by atoms with Gasteiger partial charge in [-0.3, -0.25) is 4.40 Å². The summed E-state index contributed by atoms with van der Waals surface area (Å²) in [6.45, 7) is 2.40. The standard InChI is InChI=1S/C13H20N4O2S2/c1-3-17(10-6-4-5-7-10)21(18,19)12-11(14-2)15-13-16(12)8-9-20-13/h8-10,14H,3-7H2,1-2H3. The van der Waals surface area contributed by atoms with E-state index < -0.39 is 10.0 Å². The van der Waals surface area contributed by atoms with Crippen molar-refractivity contribution in [1.82, 2.24) is 13.7 Å². The predicted molar refractivity (Wildman–Crippen MR) is 84.4 cm³/mol. The smallest absolute Gasteiger partial charge is 0.263 e. The molecule has 8 heteroatoms. The molecule has 1 N–H and O–H groups in total. The average molecular weight is 328 g/mol. The Morgan fingerprint density at radius 1 is 1.48 bits per heavy atom. The third-order valence-corrected chi connectivity index (χ3v) is 6.86. The lowest BCUT2D eigenvalue weighted by molar-refractivity contribution is 0.334. The highest BCUT2D eigenvalue weighted by Gasteiger charge is 2.36. The number of rotatable bonds is 5. The summed E-state index contributed by atoms with van der Waals surface area (Å²) in [5.41, 5.74) is 0. The van der Waals surface area contributed by atoms with Crippen LogP contribution in [0.3, 0.4) is 0 Å². The number of anilines is 1. The summed E-state index contributed by atoms with van der Waals surface area (Å²) in [6.07, 6.45) is 5.88. The van der Waals surface area contributed by atoms with Crippen molar-refractivity contribution in [3.63, 3.8) is 0 Å². The molecule has 3 rings (SSSR count). The zero-order valence-electron chi connectivity index (χ0n) is 12.2. The van der Waals surface area contributed by atoms with Gasteiger partial charge >= 0.3 is 0 Å². The molecule has 2 aromatic heterocycles. The molecular weight excluding hydrogens is 308 g/mol.